The van der Waals surface area contributed by atoms with E-state index in [-0.39, 0.29) is 0 Å². The summed E-state index contributed by atoms with van der Waals surface area (Å²) in [5.74, 6) is 0.651. The molecule has 0 spiro atoms. The molecule has 0 radical (unpaired) electrons. The molecule has 0 N–H and O–H groups in total. The van der Waals surface area contributed by atoms with E-state index in [1.165, 1.54) is 0 Å². The second kappa shape index (κ2) is 8.47. The molecule has 0 fully saturated rings. The zero-order chi connectivity index (χ0) is 17.7. The van der Waals surface area contributed by atoms with Crippen LogP contribution >= 0.6 is 27.5 Å². The van der Waals surface area contributed by atoms with Crippen LogP contribution in [0.3, 0.4) is 0 Å². The molecule has 0 saturated heterocycles. The summed E-state index contributed by atoms with van der Waals surface area (Å²) in [4.78, 5) is 0. The van der Waals surface area contributed by atoms with Crippen molar-refractivity contribution < 1.29 is 18.0 Å². The van der Waals surface area contributed by atoms with Gasteiger partial charge in [0.25, 0.3) is 0 Å². The molecule has 2 aromatic rings. The van der Waals surface area contributed by atoms with E-state index in [2.05, 4.69) is 15.9 Å². The minimum atomic E-state index is -3.03. The summed E-state index contributed by atoms with van der Waals surface area (Å²) in [5, 5.41) is 1.46. The first kappa shape index (κ1) is 19.4. The SMILES string of the molecule is CO[Si](OC)(OC)c1cc(C)cc(Br)c1OCc1cccc(Cl)c1. The molecule has 2 aromatic carbocycles. The third kappa shape index (κ3) is 4.19. The fourth-order valence-corrected chi connectivity index (χ4v) is 5.60. The minimum absolute atomic E-state index is 0.372. The molecule has 130 valence electrons. The Morgan fingerprint density at radius 2 is 1.71 bits per heavy atom. The third-order valence-corrected chi connectivity index (χ3v) is 7.06. The average molecular weight is 432 g/mol. The normalized spacial score (nSPS) is 11.6. The molecule has 0 aliphatic heterocycles. The number of hydrogen-bond acceptors (Lipinski definition) is 4. The van der Waals surface area contributed by atoms with Crippen LogP contribution in [-0.2, 0) is 19.9 Å². The number of halogens is 2. The van der Waals surface area contributed by atoms with E-state index in [1.807, 2.05) is 43.3 Å². The predicted octanol–water partition coefficient (Wildman–Crippen LogP) is 4.08. The monoisotopic (exact) mass is 430 g/mol. The summed E-state index contributed by atoms with van der Waals surface area (Å²) in [6, 6.07) is 11.5. The third-order valence-electron chi connectivity index (χ3n) is 3.60. The van der Waals surface area contributed by atoms with Gasteiger partial charge in [-0.3, -0.25) is 0 Å². The zero-order valence-corrected chi connectivity index (χ0v) is 17.4. The molecular weight excluding hydrogens is 412 g/mol. The van der Waals surface area contributed by atoms with Crippen molar-refractivity contribution >= 4 is 41.5 Å². The summed E-state index contributed by atoms with van der Waals surface area (Å²) >= 11 is 9.60. The second-order valence-electron chi connectivity index (χ2n) is 5.21. The summed E-state index contributed by atoms with van der Waals surface area (Å²) in [5.41, 5.74) is 2.02. The molecule has 0 atom stereocenters. The molecule has 7 heteroatoms. The van der Waals surface area contributed by atoms with Crippen LogP contribution in [0.5, 0.6) is 5.75 Å². The Hall–Kier alpha value is -0.893. The smallest absolute Gasteiger partial charge is 0.488 e. The predicted molar refractivity (Wildman–Crippen MR) is 101 cm³/mol. The van der Waals surface area contributed by atoms with Crippen molar-refractivity contribution in [2.75, 3.05) is 21.3 Å². The first-order valence-electron chi connectivity index (χ1n) is 7.29. The number of aryl methyl sites for hydroxylation is 1. The van der Waals surface area contributed by atoms with Crippen molar-refractivity contribution in [2.45, 2.75) is 13.5 Å². The Labute approximate surface area is 157 Å². The highest BCUT2D eigenvalue weighted by Crippen LogP contribution is 2.28. The van der Waals surface area contributed by atoms with Crippen molar-refractivity contribution in [2.24, 2.45) is 0 Å². The van der Waals surface area contributed by atoms with Crippen LogP contribution in [0.15, 0.2) is 40.9 Å². The van der Waals surface area contributed by atoms with E-state index >= 15 is 0 Å². The zero-order valence-electron chi connectivity index (χ0n) is 14.1. The van der Waals surface area contributed by atoms with Gasteiger partial charge in [0, 0.05) is 26.4 Å². The topological polar surface area (TPSA) is 36.9 Å². The van der Waals surface area contributed by atoms with E-state index in [1.54, 1.807) is 21.3 Å². The maximum Gasteiger partial charge on any atom is 0.540 e. The minimum Gasteiger partial charge on any atom is -0.488 e. The summed E-state index contributed by atoms with van der Waals surface area (Å²) in [6.07, 6.45) is 0. The van der Waals surface area contributed by atoms with Gasteiger partial charge in [-0.2, -0.15) is 0 Å². The molecule has 24 heavy (non-hydrogen) atoms. The first-order valence-corrected chi connectivity index (χ1v) is 10.2. The Kier molecular flexibility index (Phi) is 6.85. The molecular formula is C17H20BrClO4Si. The lowest BCUT2D eigenvalue weighted by molar-refractivity contribution is 0.139. The van der Waals surface area contributed by atoms with E-state index < -0.39 is 8.80 Å². The average Bonchev–Trinajstić information content (AvgIpc) is 2.56. The Balaban J connectivity index is 2.41. The number of rotatable bonds is 7. The highest BCUT2D eigenvalue weighted by atomic mass is 79.9. The van der Waals surface area contributed by atoms with Crippen molar-refractivity contribution in [3.05, 3.63) is 57.0 Å². The summed E-state index contributed by atoms with van der Waals surface area (Å²) < 4.78 is 23.7. The highest BCUT2D eigenvalue weighted by molar-refractivity contribution is 9.10. The van der Waals surface area contributed by atoms with Gasteiger partial charge in [0.1, 0.15) is 12.4 Å². The van der Waals surface area contributed by atoms with Gasteiger partial charge in [0.2, 0.25) is 0 Å². The molecule has 0 aliphatic rings. The van der Waals surface area contributed by atoms with Crippen LogP contribution in [0.4, 0.5) is 0 Å². The fraction of sp³-hybridized carbons (Fsp3) is 0.294. The van der Waals surface area contributed by atoms with E-state index in [9.17, 15) is 0 Å². The van der Waals surface area contributed by atoms with E-state index in [0.29, 0.717) is 17.4 Å². The number of hydrogen-bond donors (Lipinski definition) is 0. The number of ether oxygens (including phenoxy) is 1. The van der Waals surface area contributed by atoms with Crippen molar-refractivity contribution in [3.8, 4) is 5.75 Å². The Morgan fingerprint density at radius 3 is 2.29 bits per heavy atom. The molecule has 0 bridgehead atoms. The van der Waals surface area contributed by atoms with Crippen molar-refractivity contribution in [1.29, 1.82) is 0 Å². The van der Waals surface area contributed by atoms with Gasteiger partial charge in [0.05, 0.1) is 9.66 Å². The highest BCUT2D eigenvalue weighted by Gasteiger charge is 2.44. The van der Waals surface area contributed by atoms with Gasteiger partial charge in [-0.1, -0.05) is 23.7 Å². The maximum atomic E-state index is 6.06. The molecule has 4 nitrogen and oxygen atoms in total. The largest absolute Gasteiger partial charge is 0.540 e. The first-order chi connectivity index (χ1) is 11.5. The van der Waals surface area contributed by atoms with E-state index in [0.717, 1.165) is 20.8 Å². The lowest BCUT2D eigenvalue weighted by Crippen LogP contribution is -2.55. The molecule has 2 rings (SSSR count). The van der Waals surface area contributed by atoms with Crippen LogP contribution in [0.1, 0.15) is 11.1 Å². The lowest BCUT2D eigenvalue weighted by Gasteiger charge is -2.27. The molecule has 0 heterocycles. The molecule has 0 amide bonds. The van der Waals surface area contributed by atoms with Gasteiger partial charge in [0.15, 0.2) is 0 Å². The van der Waals surface area contributed by atoms with E-state index in [4.69, 9.17) is 29.6 Å². The van der Waals surface area contributed by atoms with Gasteiger partial charge >= 0.3 is 8.80 Å². The lowest BCUT2D eigenvalue weighted by atomic mass is 10.2. The van der Waals surface area contributed by atoms with Crippen LogP contribution in [-0.4, -0.2) is 30.1 Å². The number of benzene rings is 2. The maximum absolute atomic E-state index is 6.06. The summed E-state index contributed by atoms with van der Waals surface area (Å²) in [6.45, 7) is 2.37. The van der Waals surface area contributed by atoms with Crippen LogP contribution in [0, 0.1) is 6.92 Å². The van der Waals surface area contributed by atoms with Crippen LogP contribution in [0.25, 0.3) is 0 Å². The van der Waals surface area contributed by atoms with Crippen LogP contribution < -0.4 is 9.92 Å². The molecule has 0 aromatic heterocycles. The van der Waals surface area contributed by atoms with Gasteiger partial charge < -0.3 is 18.0 Å². The Bertz CT molecular complexity index is 699. The second-order valence-corrected chi connectivity index (χ2v) is 9.38. The van der Waals surface area contributed by atoms with Crippen LogP contribution in [0.2, 0.25) is 5.02 Å². The molecule has 0 unspecified atom stereocenters. The van der Waals surface area contributed by atoms with Crippen molar-refractivity contribution in [1.82, 2.24) is 0 Å². The van der Waals surface area contributed by atoms with Crippen molar-refractivity contribution in [3.63, 3.8) is 0 Å². The summed E-state index contributed by atoms with van der Waals surface area (Å²) in [7, 11) is 1.71. The standard InChI is InChI=1S/C17H20BrClO4Si/c1-12-8-15(18)17(16(9-12)24(20-2,21-3)22-4)23-11-13-6-5-7-14(19)10-13/h5-10H,11H2,1-4H3. The molecule has 0 saturated carbocycles. The van der Waals surface area contributed by atoms with Gasteiger partial charge in [-0.05, 0) is 58.2 Å². The quantitative estimate of drug-likeness (QED) is 0.619. The molecule has 0 aliphatic carbocycles. The van der Waals surface area contributed by atoms with Gasteiger partial charge in [-0.25, -0.2) is 0 Å². The fourth-order valence-electron chi connectivity index (χ4n) is 2.47. The van der Waals surface area contributed by atoms with Gasteiger partial charge in [-0.15, -0.1) is 0 Å². The Morgan fingerprint density at radius 1 is 1.04 bits per heavy atom.